The third-order valence-corrected chi connectivity index (χ3v) is 2.21. The lowest BCUT2D eigenvalue weighted by atomic mass is 10.1. The van der Waals surface area contributed by atoms with E-state index in [2.05, 4.69) is 9.97 Å². The molecule has 0 atom stereocenters. The SMILES string of the molecule is COc1ccc(-c2[nH]c(=O)ncc2F)cc1F. The number of aromatic nitrogens is 2. The zero-order valence-electron chi connectivity index (χ0n) is 8.83. The molecule has 6 heteroatoms. The predicted octanol–water partition coefficient (Wildman–Crippen LogP) is 1.72. The Morgan fingerprint density at radius 3 is 2.71 bits per heavy atom. The van der Waals surface area contributed by atoms with Gasteiger partial charge >= 0.3 is 5.69 Å². The Bertz CT molecular complexity index is 611. The summed E-state index contributed by atoms with van der Waals surface area (Å²) >= 11 is 0. The van der Waals surface area contributed by atoms with E-state index in [1.54, 1.807) is 0 Å². The van der Waals surface area contributed by atoms with Crippen molar-refractivity contribution in [2.75, 3.05) is 7.11 Å². The van der Waals surface area contributed by atoms with Gasteiger partial charge in [-0.1, -0.05) is 0 Å². The Kier molecular flexibility index (Phi) is 2.86. The Morgan fingerprint density at radius 2 is 2.06 bits per heavy atom. The monoisotopic (exact) mass is 238 g/mol. The van der Waals surface area contributed by atoms with Crippen LogP contribution in [0.15, 0.2) is 29.2 Å². The smallest absolute Gasteiger partial charge is 0.345 e. The van der Waals surface area contributed by atoms with Gasteiger partial charge in [0.05, 0.1) is 19.0 Å². The lowest BCUT2D eigenvalue weighted by Crippen LogP contribution is -2.11. The summed E-state index contributed by atoms with van der Waals surface area (Å²) in [5, 5.41) is 0. The van der Waals surface area contributed by atoms with E-state index in [-0.39, 0.29) is 17.0 Å². The Labute approximate surface area is 94.9 Å². The maximum Gasteiger partial charge on any atom is 0.345 e. The molecule has 1 heterocycles. The third kappa shape index (κ3) is 2.15. The number of aromatic amines is 1. The van der Waals surface area contributed by atoms with E-state index >= 15 is 0 Å². The van der Waals surface area contributed by atoms with Crippen LogP contribution in [0.3, 0.4) is 0 Å². The van der Waals surface area contributed by atoms with E-state index < -0.39 is 17.3 Å². The van der Waals surface area contributed by atoms with Gasteiger partial charge in [0, 0.05) is 5.56 Å². The molecule has 4 nitrogen and oxygen atoms in total. The van der Waals surface area contributed by atoms with Crippen LogP contribution < -0.4 is 10.4 Å². The number of rotatable bonds is 2. The molecule has 0 aliphatic rings. The van der Waals surface area contributed by atoms with E-state index in [1.807, 2.05) is 0 Å². The van der Waals surface area contributed by atoms with Gasteiger partial charge in [0.25, 0.3) is 0 Å². The molecule has 0 radical (unpaired) electrons. The fraction of sp³-hybridized carbons (Fsp3) is 0.0909. The van der Waals surface area contributed by atoms with Crippen molar-refractivity contribution in [1.29, 1.82) is 0 Å². The second-order valence-corrected chi connectivity index (χ2v) is 3.26. The van der Waals surface area contributed by atoms with Gasteiger partial charge in [-0.25, -0.2) is 13.6 Å². The molecule has 0 aliphatic heterocycles. The molecule has 88 valence electrons. The minimum atomic E-state index is -0.728. The number of ether oxygens (including phenoxy) is 1. The maximum absolute atomic E-state index is 13.4. The van der Waals surface area contributed by atoms with Crippen molar-refractivity contribution in [1.82, 2.24) is 9.97 Å². The van der Waals surface area contributed by atoms with Gasteiger partial charge in [-0.05, 0) is 18.2 Å². The lowest BCUT2D eigenvalue weighted by molar-refractivity contribution is 0.386. The molecule has 0 fully saturated rings. The zero-order valence-corrected chi connectivity index (χ0v) is 8.83. The van der Waals surface area contributed by atoms with Gasteiger partial charge in [-0.2, -0.15) is 4.98 Å². The number of nitrogens with zero attached hydrogens (tertiary/aromatic N) is 1. The summed E-state index contributed by atoms with van der Waals surface area (Å²) in [5.74, 6) is -1.32. The summed E-state index contributed by atoms with van der Waals surface area (Å²) < 4.78 is 31.5. The average Bonchev–Trinajstić information content (AvgIpc) is 2.32. The summed E-state index contributed by atoms with van der Waals surface area (Å²) in [5.41, 5.74) is -0.593. The average molecular weight is 238 g/mol. The molecule has 0 aliphatic carbocycles. The highest BCUT2D eigenvalue weighted by Gasteiger charge is 2.10. The molecule has 0 amide bonds. The van der Waals surface area contributed by atoms with Crippen molar-refractivity contribution in [3.8, 4) is 17.0 Å². The molecule has 0 saturated carbocycles. The molecule has 2 aromatic rings. The Hall–Kier alpha value is -2.24. The van der Waals surface area contributed by atoms with Crippen molar-refractivity contribution in [3.63, 3.8) is 0 Å². The van der Waals surface area contributed by atoms with Crippen LogP contribution in [0.4, 0.5) is 8.78 Å². The van der Waals surface area contributed by atoms with Gasteiger partial charge < -0.3 is 9.72 Å². The molecule has 1 aromatic heterocycles. The topological polar surface area (TPSA) is 55.0 Å². The molecule has 0 spiro atoms. The van der Waals surface area contributed by atoms with E-state index in [4.69, 9.17) is 4.74 Å². The molecule has 1 N–H and O–H groups in total. The molecule has 0 bridgehead atoms. The number of hydrogen-bond acceptors (Lipinski definition) is 3. The van der Waals surface area contributed by atoms with Crippen LogP contribution >= 0.6 is 0 Å². The Balaban J connectivity index is 2.57. The van der Waals surface area contributed by atoms with Crippen molar-refractivity contribution in [2.45, 2.75) is 0 Å². The second kappa shape index (κ2) is 4.32. The molecular formula is C11H8F2N2O2. The molecule has 2 rings (SSSR count). The largest absolute Gasteiger partial charge is 0.494 e. The zero-order chi connectivity index (χ0) is 12.4. The van der Waals surface area contributed by atoms with Gasteiger partial charge in [0.2, 0.25) is 0 Å². The summed E-state index contributed by atoms with van der Waals surface area (Å²) in [6, 6.07) is 3.87. The van der Waals surface area contributed by atoms with Crippen LogP contribution in [0.2, 0.25) is 0 Å². The van der Waals surface area contributed by atoms with Crippen LogP contribution in [0, 0.1) is 11.6 Å². The van der Waals surface area contributed by atoms with Gasteiger partial charge in [0.15, 0.2) is 17.4 Å². The Morgan fingerprint density at radius 1 is 1.29 bits per heavy atom. The number of methoxy groups -OCH3 is 1. The van der Waals surface area contributed by atoms with Crippen molar-refractivity contribution < 1.29 is 13.5 Å². The molecular weight excluding hydrogens is 230 g/mol. The predicted molar refractivity (Wildman–Crippen MR) is 56.8 cm³/mol. The van der Waals surface area contributed by atoms with Crippen LogP contribution in [0.25, 0.3) is 11.3 Å². The molecule has 1 aromatic carbocycles. The second-order valence-electron chi connectivity index (χ2n) is 3.26. The minimum absolute atomic E-state index is 0.0468. The molecule has 0 unspecified atom stereocenters. The standard InChI is InChI=1S/C11H8F2N2O2/c1-17-9-3-2-6(4-7(9)12)10-8(13)5-14-11(16)15-10/h2-5H,1H3,(H,14,15,16). The number of benzene rings is 1. The molecule has 0 saturated heterocycles. The van der Waals surface area contributed by atoms with Crippen LogP contribution in [-0.4, -0.2) is 17.1 Å². The lowest BCUT2D eigenvalue weighted by Gasteiger charge is -2.05. The van der Waals surface area contributed by atoms with Crippen LogP contribution in [-0.2, 0) is 0 Å². The highest BCUT2D eigenvalue weighted by atomic mass is 19.1. The minimum Gasteiger partial charge on any atom is -0.494 e. The third-order valence-electron chi connectivity index (χ3n) is 2.21. The fourth-order valence-electron chi connectivity index (χ4n) is 1.41. The van der Waals surface area contributed by atoms with Gasteiger partial charge in [0.1, 0.15) is 0 Å². The van der Waals surface area contributed by atoms with Gasteiger partial charge in [-0.3, -0.25) is 0 Å². The summed E-state index contributed by atoms with van der Waals surface area (Å²) in [7, 11) is 1.33. The van der Waals surface area contributed by atoms with E-state index in [1.165, 1.54) is 19.2 Å². The van der Waals surface area contributed by atoms with Crippen molar-refractivity contribution >= 4 is 0 Å². The van der Waals surface area contributed by atoms with Crippen molar-refractivity contribution in [3.05, 3.63) is 46.5 Å². The maximum atomic E-state index is 13.4. The van der Waals surface area contributed by atoms with E-state index in [0.29, 0.717) is 0 Å². The summed E-state index contributed by atoms with van der Waals surface area (Å²) in [6.45, 7) is 0. The van der Waals surface area contributed by atoms with E-state index in [9.17, 15) is 13.6 Å². The van der Waals surface area contributed by atoms with E-state index in [0.717, 1.165) is 12.3 Å². The number of halogens is 2. The highest BCUT2D eigenvalue weighted by molar-refractivity contribution is 5.60. The molecule has 17 heavy (non-hydrogen) atoms. The first-order valence-corrected chi connectivity index (χ1v) is 4.70. The van der Waals surface area contributed by atoms with Gasteiger partial charge in [-0.15, -0.1) is 0 Å². The highest BCUT2D eigenvalue weighted by Crippen LogP contribution is 2.24. The first-order chi connectivity index (χ1) is 8.11. The van der Waals surface area contributed by atoms with Crippen LogP contribution in [0.5, 0.6) is 5.75 Å². The summed E-state index contributed by atoms with van der Waals surface area (Å²) in [4.78, 5) is 16.4. The van der Waals surface area contributed by atoms with Crippen molar-refractivity contribution in [2.24, 2.45) is 0 Å². The fourth-order valence-corrected chi connectivity index (χ4v) is 1.41. The van der Waals surface area contributed by atoms with Crippen LogP contribution in [0.1, 0.15) is 0 Å². The normalized spacial score (nSPS) is 10.3. The number of hydrogen-bond donors (Lipinski definition) is 1. The number of H-pyrrole nitrogens is 1. The quantitative estimate of drug-likeness (QED) is 0.866. The summed E-state index contributed by atoms with van der Waals surface area (Å²) in [6.07, 6.45) is 0.788. The number of nitrogens with one attached hydrogen (secondary N) is 1. The first kappa shape index (κ1) is 11.3. The first-order valence-electron chi connectivity index (χ1n) is 4.70.